The highest BCUT2D eigenvalue weighted by Gasteiger charge is 2.21. The van der Waals surface area contributed by atoms with E-state index in [-0.39, 0.29) is 5.91 Å². The molecule has 1 saturated heterocycles. The van der Waals surface area contributed by atoms with Gasteiger partial charge < -0.3 is 11.1 Å². The maximum absolute atomic E-state index is 12.1. The van der Waals surface area contributed by atoms with Gasteiger partial charge in [0.2, 0.25) is 5.91 Å². The molecule has 1 aliphatic rings. The first-order chi connectivity index (χ1) is 9.47. The summed E-state index contributed by atoms with van der Waals surface area (Å²) in [4.78, 5) is 14.3. The van der Waals surface area contributed by atoms with Gasteiger partial charge in [0.1, 0.15) is 0 Å². The van der Waals surface area contributed by atoms with Crippen LogP contribution in [0.5, 0.6) is 0 Å². The summed E-state index contributed by atoms with van der Waals surface area (Å²) in [5.74, 6) is -0.104. The fraction of sp³-hybridized carbons (Fsp3) is 0.500. The molecule has 1 aromatic rings. The molecule has 110 valence electrons. The lowest BCUT2D eigenvalue weighted by Gasteiger charge is -2.32. The second-order valence-electron chi connectivity index (χ2n) is 5.22. The molecule has 0 aliphatic carbocycles. The van der Waals surface area contributed by atoms with Crippen LogP contribution in [-0.4, -0.2) is 29.9 Å². The Bertz CT molecular complexity index is 484. The Morgan fingerprint density at radius 1 is 1.40 bits per heavy atom. The topological polar surface area (TPSA) is 58.4 Å². The average molecular weight is 316 g/mol. The largest absolute Gasteiger partial charge is 0.399 e. The SMILES string of the molecule is CC1CCCCN1CC(=O)Nc1c(Cl)cc(N)cc1Cl. The van der Waals surface area contributed by atoms with Gasteiger partial charge >= 0.3 is 0 Å². The van der Waals surface area contributed by atoms with Gasteiger partial charge in [-0.3, -0.25) is 9.69 Å². The van der Waals surface area contributed by atoms with Gasteiger partial charge in [0.05, 0.1) is 22.3 Å². The molecule has 0 radical (unpaired) electrons. The van der Waals surface area contributed by atoms with Gasteiger partial charge in [-0.2, -0.15) is 0 Å². The molecule has 1 fully saturated rings. The molecule has 1 amide bonds. The number of hydrogen-bond acceptors (Lipinski definition) is 3. The summed E-state index contributed by atoms with van der Waals surface area (Å²) in [6, 6.07) is 3.59. The number of nitrogen functional groups attached to an aromatic ring is 1. The highest BCUT2D eigenvalue weighted by molar-refractivity contribution is 6.40. The van der Waals surface area contributed by atoms with Crippen molar-refractivity contribution in [3.63, 3.8) is 0 Å². The van der Waals surface area contributed by atoms with Crippen molar-refractivity contribution >= 4 is 40.5 Å². The Morgan fingerprint density at radius 2 is 2.05 bits per heavy atom. The molecule has 20 heavy (non-hydrogen) atoms. The zero-order chi connectivity index (χ0) is 14.7. The van der Waals surface area contributed by atoms with Crippen molar-refractivity contribution in [3.8, 4) is 0 Å². The highest BCUT2D eigenvalue weighted by atomic mass is 35.5. The molecular formula is C14H19Cl2N3O. The molecule has 1 unspecified atom stereocenters. The molecule has 0 spiro atoms. The van der Waals surface area contributed by atoms with Crippen molar-refractivity contribution in [1.82, 2.24) is 4.90 Å². The van der Waals surface area contributed by atoms with Gasteiger partial charge in [-0.1, -0.05) is 29.6 Å². The fourth-order valence-electron chi connectivity index (χ4n) is 2.47. The number of nitrogens with one attached hydrogen (secondary N) is 1. The molecule has 1 atom stereocenters. The van der Waals surface area contributed by atoms with Crippen LogP contribution in [0, 0.1) is 0 Å². The van der Waals surface area contributed by atoms with E-state index in [1.807, 2.05) is 0 Å². The van der Waals surface area contributed by atoms with Crippen molar-refractivity contribution < 1.29 is 4.79 Å². The average Bonchev–Trinajstić information content (AvgIpc) is 2.36. The van der Waals surface area contributed by atoms with Crippen LogP contribution < -0.4 is 11.1 Å². The molecule has 1 aromatic carbocycles. The third kappa shape index (κ3) is 3.78. The second kappa shape index (κ2) is 6.66. The lowest BCUT2D eigenvalue weighted by atomic mass is 10.0. The minimum atomic E-state index is -0.104. The predicted molar refractivity (Wildman–Crippen MR) is 84.4 cm³/mol. The van der Waals surface area contributed by atoms with Crippen LogP contribution in [0.4, 0.5) is 11.4 Å². The number of piperidine rings is 1. The molecule has 3 N–H and O–H groups in total. The van der Waals surface area contributed by atoms with Crippen molar-refractivity contribution in [3.05, 3.63) is 22.2 Å². The molecular weight excluding hydrogens is 297 g/mol. The Morgan fingerprint density at radius 3 is 2.65 bits per heavy atom. The second-order valence-corrected chi connectivity index (χ2v) is 6.04. The Hall–Kier alpha value is -0.970. The van der Waals surface area contributed by atoms with E-state index in [2.05, 4.69) is 17.1 Å². The van der Waals surface area contributed by atoms with Crippen LogP contribution in [0.15, 0.2) is 12.1 Å². The number of hydrogen-bond donors (Lipinski definition) is 2. The summed E-state index contributed by atoms with van der Waals surface area (Å²) in [6.07, 6.45) is 3.51. The summed E-state index contributed by atoms with van der Waals surface area (Å²) >= 11 is 12.1. The third-order valence-electron chi connectivity index (χ3n) is 3.62. The van der Waals surface area contributed by atoms with E-state index in [1.54, 1.807) is 12.1 Å². The number of carbonyl (C=O) groups is 1. The van der Waals surface area contributed by atoms with Gasteiger partial charge in [0.15, 0.2) is 0 Å². The summed E-state index contributed by atoms with van der Waals surface area (Å²) in [6.45, 7) is 3.46. The summed E-state index contributed by atoms with van der Waals surface area (Å²) in [5.41, 5.74) is 6.54. The molecule has 0 bridgehead atoms. The highest BCUT2D eigenvalue weighted by Crippen LogP contribution is 2.32. The number of nitrogens with zero attached hydrogens (tertiary/aromatic N) is 1. The zero-order valence-corrected chi connectivity index (χ0v) is 13.0. The van der Waals surface area contributed by atoms with E-state index in [9.17, 15) is 4.79 Å². The third-order valence-corrected chi connectivity index (χ3v) is 4.21. The summed E-state index contributed by atoms with van der Waals surface area (Å²) in [5, 5.41) is 3.49. The zero-order valence-electron chi connectivity index (χ0n) is 11.5. The van der Waals surface area contributed by atoms with Crippen LogP contribution >= 0.6 is 23.2 Å². The van der Waals surface area contributed by atoms with Crippen molar-refractivity contribution in [2.75, 3.05) is 24.1 Å². The molecule has 0 aromatic heterocycles. The van der Waals surface area contributed by atoms with E-state index in [1.165, 1.54) is 6.42 Å². The van der Waals surface area contributed by atoms with E-state index in [0.29, 0.717) is 34.0 Å². The molecule has 1 aliphatic heterocycles. The fourth-order valence-corrected chi connectivity index (χ4v) is 3.07. The van der Waals surface area contributed by atoms with Crippen LogP contribution in [0.2, 0.25) is 10.0 Å². The van der Waals surface area contributed by atoms with E-state index in [0.717, 1.165) is 19.4 Å². The maximum Gasteiger partial charge on any atom is 0.238 e. The lowest BCUT2D eigenvalue weighted by Crippen LogP contribution is -2.42. The van der Waals surface area contributed by atoms with Crippen LogP contribution in [0.3, 0.4) is 0 Å². The minimum Gasteiger partial charge on any atom is -0.399 e. The lowest BCUT2D eigenvalue weighted by molar-refractivity contribution is -0.118. The number of amides is 1. The van der Waals surface area contributed by atoms with Crippen LogP contribution in [0.25, 0.3) is 0 Å². The molecule has 4 nitrogen and oxygen atoms in total. The minimum absolute atomic E-state index is 0.104. The first-order valence-corrected chi connectivity index (χ1v) is 7.51. The number of nitrogens with two attached hydrogens (primary N) is 1. The first-order valence-electron chi connectivity index (χ1n) is 6.76. The van der Waals surface area contributed by atoms with Crippen LogP contribution in [0.1, 0.15) is 26.2 Å². The molecule has 6 heteroatoms. The van der Waals surface area contributed by atoms with Gasteiger partial charge in [0.25, 0.3) is 0 Å². The van der Waals surface area contributed by atoms with Crippen molar-refractivity contribution in [2.45, 2.75) is 32.2 Å². The summed E-state index contributed by atoms with van der Waals surface area (Å²) in [7, 11) is 0. The smallest absolute Gasteiger partial charge is 0.238 e. The summed E-state index contributed by atoms with van der Waals surface area (Å²) < 4.78 is 0. The Kier molecular flexibility index (Phi) is 5.13. The Balaban J connectivity index is 2.01. The quantitative estimate of drug-likeness (QED) is 0.841. The number of carbonyl (C=O) groups excluding carboxylic acids is 1. The number of anilines is 2. The van der Waals surface area contributed by atoms with Crippen LogP contribution in [-0.2, 0) is 4.79 Å². The molecule has 2 rings (SSSR count). The van der Waals surface area contributed by atoms with Crippen molar-refractivity contribution in [2.24, 2.45) is 0 Å². The molecule has 1 heterocycles. The maximum atomic E-state index is 12.1. The van der Waals surface area contributed by atoms with E-state index < -0.39 is 0 Å². The van der Waals surface area contributed by atoms with Crippen molar-refractivity contribution in [1.29, 1.82) is 0 Å². The van der Waals surface area contributed by atoms with Gasteiger partial charge in [-0.15, -0.1) is 0 Å². The van der Waals surface area contributed by atoms with Gasteiger partial charge in [-0.25, -0.2) is 0 Å². The number of halogens is 2. The first kappa shape index (κ1) is 15.4. The van der Waals surface area contributed by atoms with Gasteiger partial charge in [-0.05, 0) is 38.4 Å². The normalized spacial score (nSPS) is 19.9. The number of benzene rings is 1. The number of rotatable bonds is 3. The standard InChI is InChI=1S/C14H19Cl2N3O/c1-9-4-2-3-5-19(9)8-13(20)18-14-11(15)6-10(17)7-12(14)16/h6-7,9H,2-5,8,17H2,1H3,(H,18,20). The van der Waals surface area contributed by atoms with E-state index in [4.69, 9.17) is 28.9 Å². The Labute approximate surface area is 129 Å². The molecule has 0 saturated carbocycles. The monoisotopic (exact) mass is 315 g/mol. The number of likely N-dealkylation sites (tertiary alicyclic amines) is 1. The predicted octanol–water partition coefficient (Wildman–Crippen LogP) is 3.39. The van der Waals surface area contributed by atoms with Gasteiger partial charge in [0, 0.05) is 11.7 Å². The van der Waals surface area contributed by atoms with E-state index >= 15 is 0 Å².